The van der Waals surface area contributed by atoms with Gasteiger partial charge in [-0.3, -0.25) is 0 Å². The molecule has 0 radical (unpaired) electrons. The highest BCUT2D eigenvalue weighted by atomic mass is 35.5. The van der Waals surface area contributed by atoms with Gasteiger partial charge in [-0.1, -0.05) is 11.6 Å². The van der Waals surface area contributed by atoms with Crippen molar-refractivity contribution in [1.29, 1.82) is 0 Å². The van der Waals surface area contributed by atoms with E-state index in [2.05, 4.69) is 37.0 Å². The molecule has 0 aromatic carbocycles. The molecule has 0 N–H and O–H groups in total. The molecule has 0 unspecified atom stereocenters. The predicted molar refractivity (Wildman–Crippen MR) is 106 cm³/mol. The van der Waals surface area contributed by atoms with Crippen molar-refractivity contribution in [1.82, 2.24) is 25.1 Å². The zero-order valence-electron chi connectivity index (χ0n) is 14.7. The van der Waals surface area contributed by atoms with Gasteiger partial charge in [0.25, 0.3) is 0 Å². The Morgan fingerprint density at radius 1 is 1.19 bits per heavy atom. The Kier molecular flexibility index (Phi) is 3.84. The molecule has 1 aliphatic rings. The highest BCUT2D eigenvalue weighted by Crippen LogP contribution is 2.39. The van der Waals surface area contributed by atoms with Crippen molar-refractivity contribution in [2.24, 2.45) is 0 Å². The van der Waals surface area contributed by atoms with E-state index in [9.17, 15) is 0 Å². The van der Waals surface area contributed by atoms with Crippen molar-refractivity contribution in [2.75, 3.05) is 18.0 Å². The van der Waals surface area contributed by atoms with Gasteiger partial charge in [-0.2, -0.15) is 5.10 Å². The molecule has 4 aromatic rings. The van der Waals surface area contributed by atoms with Crippen LogP contribution in [-0.4, -0.2) is 44.3 Å². The third-order valence-corrected chi connectivity index (χ3v) is 6.06. The van der Waals surface area contributed by atoms with Gasteiger partial charge in [0.15, 0.2) is 0 Å². The molecule has 4 aromatic heterocycles. The fourth-order valence-corrected chi connectivity index (χ4v) is 4.55. The lowest BCUT2D eigenvalue weighted by atomic mass is 10.1. The monoisotopic (exact) mass is 398 g/mol. The molecule has 0 bridgehead atoms. The number of hydrogen-bond donors (Lipinski definition) is 0. The number of rotatable bonds is 3. The summed E-state index contributed by atoms with van der Waals surface area (Å²) in [7, 11) is 0. The average molecular weight is 399 g/mol. The Balaban J connectivity index is 1.44. The van der Waals surface area contributed by atoms with Gasteiger partial charge in [0.05, 0.1) is 29.0 Å². The molecule has 0 saturated carbocycles. The lowest BCUT2D eigenvalue weighted by Crippen LogP contribution is -2.54. The van der Waals surface area contributed by atoms with Crippen LogP contribution < -0.4 is 9.64 Å². The van der Waals surface area contributed by atoms with Crippen LogP contribution in [0.5, 0.6) is 5.75 Å². The minimum absolute atomic E-state index is 0.0895. The van der Waals surface area contributed by atoms with Crippen LogP contribution in [-0.2, 0) is 0 Å². The van der Waals surface area contributed by atoms with E-state index in [0.717, 1.165) is 56.3 Å². The van der Waals surface area contributed by atoms with Crippen LogP contribution in [0.25, 0.3) is 20.4 Å². The first-order valence-electron chi connectivity index (χ1n) is 8.50. The first-order valence-corrected chi connectivity index (χ1v) is 9.70. The second-order valence-electron chi connectivity index (χ2n) is 6.53. The van der Waals surface area contributed by atoms with Crippen LogP contribution in [0, 0.1) is 13.8 Å². The maximum Gasteiger partial charge on any atom is 0.150 e. The molecular formula is C18H15ClN6OS. The maximum absolute atomic E-state index is 5.96. The summed E-state index contributed by atoms with van der Waals surface area (Å²) in [6.07, 6.45) is 3.35. The molecule has 1 saturated heterocycles. The Bertz CT molecular complexity index is 1170. The molecule has 5 rings (SSSR count). The quantitative estimate of drug-likeness (QED) is 0.488. The number of aromatic nitrogens is 5. The molecule has 5 heterocycles. The summed E-state index contributed by atoms with van der Waals surface area (Å²) in [5, 5.41) is 10.1. The highest BCUT2D eigenvalue weighted by Gasteiger charge is 2.32. The van der Waals surface area contributed by atoms with Crippen LogP contribution in [0.2, 0.25) is 5.15 Å². The molecule has 1 fully saturated rings. The van der Waals surface area contributed by atoms with Gasteiger partial charge in [-0.05, 0) is 25.5 Å². The highest BCUT2D eigenvalue weighted by molar-refractivity contribution is 7.26. The van der Waals surface area contributed by atoms with Crippen LogP contribution in [0.3, 0.4) is 0 Å². The van der Waals surface area contributed by atoms with Gasteiger partial charge < -0.3 is 9.64 Å². The topological polar surface area (TPSA) is 76.9 Å². The van der Waals surface area contributed by atoms with E-state index in [1.165, 1.54) is 0 Å². The Hall–Kier alpha value is -2.58. The van der Waals surface area contributed by atoms with Crippen LogP contribution in [0.15, 0.2) is 24.7 Å². The number of ether oxygens (including phenoxy) is 1. The zero-order valence-corrected chi connectivity index (χ0v) is 16.3. The van der Waals surface area contributed by atoms with Crippen molar-refractivity contribution < 1.29 is 4.74 Å². The third-order valence-electron chi connectivity index (χ3n) is 4.79. The second-order valence-corrected chi connectivity index (χ2v) is 7.91. The summed E-state index contributed by atoms with van der Waals surface area (Å²) >= 11 is 7.50. The number of nitrogens with zero attached hydrogens (tertiary/aromatic N) is 6. The van der Waals surface area contributed by atoms with Gasteiger partial charge in [0.1, 0.15) is 34.0 Å². The summed E-state index contributed by atoms with van der Waals surface area (Å²) in [6.45, 7) is 5.54. The van der Waals surface area contributed by atoms with Crippen LogP contribution in [0.4, 0.5) is 5.82 Å². The molecule has 27 heavy (non-hydrogen) atoms. The number of hydrogen-bond acceptors (Lipinski definition) is 8. The van der Waals surface area contributed by atoms with Gasteiger partial charge in [0.2, 0.25) is 0 Å². The smallest absolute Gasteiger partial charge is 0.150 e. The van der Waals surface area contributed by atoms with Crippen molar-refractivity contribution in [2.45, 2.75) is 20.0 Å². The number of anilines is 1. The summed E-state index contributed by atoms with van der Waals surface area (Å²) in [6, 6.07) is 3.54. The van der Waals surface area contributed by atoms with E-state index < -0.39 is 0 Å². The summed E-state index contributed by atoms with van der Waals surface area (Å²) in [4.78, 5) is 16.1. The van der Waals surface area contributed by atoms with Crippen molar-refractivity contribution in [3.8, 4) is 5.75 Å². The number of halogens is 1. The zero-order chi connectivity index (χ0) is 18.5. The predicted octanol–water partition coefficient (Wildman–Crippen LogP) is 3.57. The standard InChI is InChI=1S/C18H15ClN6OS/c1-9-10(2)23-24-18-14(9)15-16(27-18)17(22-8-21-15)25-6-12(7-25)26-11-3-4-20-13(19)5-11/h3-5,8,12H,6-7H2,1-2H3. The fourth-order valence-electron chi connectivity index (χ4n) is 3.23. The van der Waals surface area contributed by atoms with E-state index in [-0.39, 0.29) is 6.10 Å². The Morgan fingerprint density at radius 3 is 2.85 bits per heavy atom. The second kappa shape index (κ2) is 6.24. The van der Waals surface area contributed by atoms with E-state index in [0.29, 0.717) is 5.15 Å². The number of fused-ring (bicyclic) bond motifs is 3. The molecule has 0 aliphatic carbocycles. The normalized spacial score (nSPS) is 14.7. The molecule has 0 amide bonds. The van der Waals surface area contributed by atoms with Crippen molar-refractivity contribution in [3.63, 3.8) is 0 Å². The molecular weight excluding hydrogens is 384 g/mol. The number of thiophene rings is 1. The molecule has 0 spiro atoms. The van der Waals surface area contributed by atoms with E-state index >= 15 is 0 Å². The first-order chi connectivity index (χ1) is 13.1. The van der Waals surface area contributed by atoms with Crippen molar-refractivity contribution >= 4 is 49.2 Å². The number of aryl methyl sites for hydroxylation is 2. The van der Waals surface area contributed by atoms with Gasteiger partial charge in [0, 0.05) is 17.6 Å². The van der Waals surface area contributed by atoms with E-state index in [1.807, 2.05) is 13.0 Å². The molecule has 9 heteroatoms. The summed E-state index contributed by atoms with van der Waals surface area (Å²) in [5.74, 6) is 1.66. The molecule has 1 aliphatic heterocycles. The third kappa shape index (κ3) is 2.76. The lowest BCUT2D eigenvalue weighted by Gasteiger charge is -2.39. The Labute approximate surface area is 164 Å². The summed E-state index contributed by atoms with van der Waals surface area (Å²) < 4.78 is 7.00. The minimum Gasteiger partial charge on any atom is -0.487 e. The maximum atomic E-state index is 5.96. The SMILES string of the molecule is Cc1nnc2sc3c(N4CC(Oc5ccnc(Cl)c5)C4)ncnc3c2c1C. The Morgan fingerprint density at radius 2 is 2.04 bits per heavy atom. The first kappa shape index (κ1) is 16.6. The van der Waals surface area contributed by atoms with Gasteiger partial charge in [-0.15, -0.1) is 16.4 Å². The van der Waals surface area contributed by atoms with Crippen LogP contribution in [0.1, 0.15) is 11.3 Å². The van der Waals surface area contributed by atoms with Crippen molar-refractivity contribution in [3.05, 3.63) is 41.1 Å². The van der Waals surface area contributed by atoms with Gasteiger partial charge in [-0.25, -0.2) is 15.0 Å². The van der Waals surface area contributed by atoms with Crippen LogP contribution >= 0.6 is 22.9 Å². The lowest BCUT2D eigenvalue weighted by molar-refractivity contribution is 0.167. The minimum atomic E-state index is 0.0895. The number of pyridine rings is 1. The largest absolute Gasteiger partial charge is 0.487 e. The average Bonchev–Trinajstić information content (AvgIpc) is 3.00. The molecule has 0 atom stereocenters. The van der Waals surface area contributed by atoms with E-state index in [1.54, 1.807) is 29.9 Å². The van der Waals surface area contributed by atoms with Gasteiger partial charge >= 0.3 is 0 Å². The molecule has 136 valence electrons. The summed E-state index contributed by atoms with van der Waals surface area (Å²) in [5.41, 5.74) is 2.99. The fraction of sp³-hybridized carbons (Fsp3) is 0.278. The van der Waals surface area contributed by atoms with E-state index in [4.69, 9.17) is 16.3 Å². The molecule has 7 nitrogen and oxygen atoms in total.